The quantitative estimate of drug-likeness (QED) is 0.881. The lowest BCUT2D eigenvalue weighted by Gasteiger charge is -2.04. The maximum absolute atomic E-state index is 13.4. The van der Waals surface area contributed by atoms with Gasteiger partial charge in [-0.3, -0.25) is 9.89 Å². The van der Waals surface area contributed by atoms with Gasteiger partial charge in [0, 0.05) is 17.8 Å². The summed E-state index contributed by atoms with van der Waals surface area (Å²) in [6.45, 7) is 4.34. The lowest BCUT2D eigenvalue weighted by molar-refractivity contribution is 0.0945. The number of aromatic nitrogens is 2. The number of aromatic amines is 1. The van der Waals surface area contributed by atoms with E-state index >= 15 is 0 Å². The van der Waals surface area contributed by atoms with Gasteiger partial charge in [0.05, 0.1) is 0 Å². The first-order chi connectivity index (χ1) is 9.56. The van der Waals surface area contributed by atoms with Crippen molar-refractivity contribution in [3.63, 3.8) is 0 Å². The number of carbonyl (C=O) groups excluding carboxylic acids is 1. The molecule has 0 unspecified atom stereocenters. The van der Waals surface area contributed by atoms with Crippen LogP contribution in [-0.2, 0) is 13.0 Å². The minimum absolute atomic E-state index is 0.151. The molecule has 0 saturated carbocycles. The molecule has 0 fully saturated rings. The van der Waals surface area contributed by atoms with Gasteiger partial charge in [-0.25, -0.2) is 4.39 Å². The number of halogens is 1. The van der Waals surface area contributed by atoms with Gasteiger partial charge in [0.15, 0.2) is 0 Å². The SMILES string of the molecule is CC(C)Cc1cc(C(=O)NCc2ccccc2F)n[nH]1. The monoisotopic (exact) mass is 275 g/mol. The molecule has 0 saturated heterocycles. The van der Waals surface area contributed by atoms with Crippen LogP contribution in [0.2, 0.25) is 0 Å². The summed E-state index contributed by atoms with van der Waals surface area (Å²) >= 11 is 0. The molecule has 106 valence electrons. The molecule has 4 nitrogen and oxygen atoms in total. The molecule has 1 amide bonds. The lowest BCUT2D eigenvalue weighted by Crippen LogP contribution is -2.23. The highest BCUT2D eigenvalue weighted by Crippen LogP contribution is 2.08. The maximum Gasteiger partial charge on any atom is 0.272 e. The van der Waals surface area contributed by atoms with Crippen molar-refractivity contribution >= 4 is 5.91 Å². The summed E-state index contributed by atoms with van der Waals surface area (Å²) in [5.41, 5.74) is 1.71. The zero-order valence-corrected chi connectivity index (χ0v) is 11.6. The zero-order chi connectivity index (χ0) is 14.5. The summed E-state index contributed by atoms with van der Waals surface area (Å²) in [5, 5.41) is 9.48. The number of nitrogens with one attached hydrogen (secondary N) is 2. The summed E-state index contributed by atoms with van der Waals surface area (Å²) in [5.74, 6) is -0.139. The van der Waals surface area contributed by atoms with Gasteiger partial charge in [-0.2, -0.15) is 5.10 Å². The second-order valence-corrected chi connectivity index (χ2v) is 5.15. The second-order valence-electron chi connectivity index (χ2n) is 5.15. The van der Waals surface area contributed by atoms with Gasteiger partial charge in [0.25, 0.3) is 5.91 Å². The van der Waals surface area contributed by atoms with Gasteiger partial charge in [0.1, 0.15) is 11.5 Å². The van der Waals surface area contributed by atoms with E-state index in [0.29, 0.717) is 17.2 Å². The Morgan fingerprint density at radius 3 is 2.85 bits per heavy atom. The van der Waals surface area contributed by atoms with Crippen LogP contribution in [0.1, 0.15) is 35.6 Å². The van der Waals surface area contributed by atoms with Crippen LogP contribution in [-0.4, -0.2) is 16.1 Å². The van der Waals surface area contributed by atoms with Crippen LogP contribution in [0.25, 0.3) is 0 Å². The Bertz CT molecular complexity index is 592. The van der Waals surface area contributed by atoms with Crippen LogP contribution in [0, 0.1) is 11.7 Å². The molecular weight excluding hydrogens is 257 g/mol. The third kappa shape index (κ3) is 3.66. The Hall–Kier alpha value is -2.17. The largest absolute Gasteiger partial charge is 0.346 e. The van der Waals surface area contributed by atoms with Crippen molar-refractivity contribution < 1.29 is 9.18 Å². The van der Waals surface area contributed by atoms with E-state index in [9.17, 15) is 9.18 Å². The average Bonchev–Trinajstić information content (AvgIpc) is 2.85. The fraction of sp³-hybridized carbons (Fsp3) is 0.333. The van der Waals surface area contributed by atoms with Crippen LogP contribution in [0.3, 0.4) is 0 Å². The third-order valence-corrected chi connectivity index (χ3v) is 2.89. The number of rotatable bonds is 5. The Kier molecular flexibility index (Phi) is 4.50. The molecule has 1 aromatic carbocycles. The Morgan fingerprint density at radius 2 is 2.15 bits per heavy atom. The number of hydrogen-bond donors (Lipinski definition) is 2. The summed E-state index contributed by atoms with van der Waals surface area (Å²) in [4.78, 5) is 11.9. The number of amides is 1. The predicted octanol–water partition coefficient (Wildman–Crippen LogP) is 2.68. The van der Waals surface area contributed by atoms with E-state index in [4.69, 9.17) is 0 Å². The molecule has 0 aliphatic heterocycles. The Balaban J connectivity index is 1.95. The molecule has 5 heteroatoms. The van der Waals surface area contributed by atoms with Crippen LogP contribution >= 0.6 is 0 Å². The Labute approximate surface area is 117 Å². The van der Waals surface area contributed by atoms with E-state index in [2.05, 4.69) is 29.4 Å². The minimum atomic E-state index is -0.324. The van der Waals surface area contributed by atoms with Crippen LogP contribution in [0.4, 0.5) is 4.39 Å². The van der Waals surface area contributed by atoms with E-state index in [1.807, 2.05) is 0 Å². The molecule has 0 bridgehead atoms. The van der Waals surface area contributed by atoms with Crippen molar-refractivity contribution in [2.24, 2.45) is 5.92 Å². The number of H-pyrrole nitrogens is 1. The first-order valence-electron chi connectivity index (χ1n) is 6.62. The number of nitrogens with zero attached hydrogens (tertiary/aromatic N) is 1. The fourth-order valence-corrected chi connectivity index (χ4v) is 1.93. The Morgan fingerprint density at radius 1 is 1.40 bits per heavy atom. The van der Waals surface area contributed by atoms with E-state index in [-0.39, 0.29) is 18.3 Å². The normalized spacial score (nSPS) is 10.8. The first-order valence-corrected chi connectivity index (χ1v) is 6.62. The minimum Gasteiger partial charge on any atom is -0.346 e. The van der Waals surface area contributed by atoms with E-state index < -0.39 is 0 Å². The first kappa shape index (κ1) is 14.2. The zero-order valence-electron chi connectivity index (χ0n) is 11.6. The lowest BCUT2D eigenvalue weighted by atomic mass is 10.1. The van der Waals surface area contributed by atoms with Crippen molar-refractivity contribution in [2.75, 3.05) is 0 Å². The highest BCUT2D eigenvalue weighted by molar-refractivity contribution is 5.92. The smallest absolute Gasteiger partial charge is 0.272 e. The predicted molar refractivity (Wildman–Crippen MR) is 74.7 cm³/mol. The second kappa shape index (κ2) is 6.32. The average molecular weight is 275 g/mol. The van der Waals surface area contributed by atoms with Gasteiger partial charge in [-0.1, -0.05) is 32.0 Å². The molecule has 0 aliphatic rings. The van der Waals surface area contributed by atoms with E-state index in [1.165, 1.54) is 6.07 Å². The molecule has 1 aromatic heterocycles. The summed E-state index contributed by atoms with van der Waals surface area (Å²) in [7, 11) is 0. The van der Waals surface area contributed by atoms with Crippen LogP contribution in [0.5, 0.6) is 0 Å². The highest BCUT2D eigenvalue weighted by Gasteiger charge is 2.11. The third-order valence-electron chi connectivity index (χ3n) is 2.89. The molecule has 20 heavy (non-hydrogen) atoms. The molecular formula is C15H18FN3O. The molecule has 2 rings (SSSR count). The van der Waals surface area contributed by atoms with E-state index in [0.717, 1.165) is 12.1 Å². The molecule has 2 aromatic rings. The maximum atomic E-state index is 13.4. The summed E-state index contributed by atoms with van der Waals surface area (Å²) in [6, 6.07) is 8.10. The standard InChI is InChI=1S/C15H18FN3O/c1-10(2)7-12-8-14(19-18-12)15(20)17-9-11-5-3-4-6-13(11)16/h3-6,8,10H,7,9H2,1-2H3,(H,17,20)(H,18,19). The van der Waals surface area contributed by atoms with Gasteiger partial charge in [0.2, 0.25) is 0 Å². The molecule has 0 atom stereocenters. The van der Waals surface area contributed by atoms with Crippen molar-refractivity contribution in [3.05, 3.63) is 53.1 Å². The van der Waals surface area contributed by atoms with Crippen molar-refractivity contribution in [1.82, 2.24) is 15.5 Å². The highest BCUT2D eigenvalue weighted by atomic mass is 19.1. The van der Waals surface area contributed by atoms with Crippen molar-refractivity contribution in [3.8, 4) is 0 Å². The number of hydrogen-bond acceptors (Lipinski definition) is 2. The van der Waals surface area contributed by atoms with Crippen molar-refractivity contribution in [1.29, 1.82) is 0 Å². The number of carbonyl (C=O) groups is 1. The molecule has 0 spiro atoms. The van der Waals surface area contributed by atoms with Crippen LogP contribution in [0.15, 0.2) is 30.3 Å². The topological polar surface area (TPSA) is 57.8 Å². The summed E-state index contributed by atoms with van der Waals surface area (Å²) < 4.78 is 13.4. The molecule has 1 heterocycles. The van der Waals surface area contributed by atoms with E-state index in [1.54, 1.807) is 24.3 Å². The van der Waals surface area contributed by atoms with Crippen molar-refractivity contribution in [2.45, 2.75) is 26.8 Å². The summed E-state index contributed by atoms with van der Waals surface area (Å²) in [6.07, 6.45) is 0.841. The molecule has 2 N–H and O–H groups in total. The van der Waals surface area contributed by atoms with Gasteiger partial charge < -0.3 is 5.32 Å². The molecule has 0 radical (unpaired) electrons. The van der Waals surface area contributed by atoms with Crippen LogP contribution < -0.4 is 5.32 Å². The fourth-order valence-electron chi connectivity index (χ4n) is 1.93. The molecule has 0 aliphatic carbocycles. The van der Waals surface area contributed by atoms with Gasteiger partial charge in [-0.15, -0.1) is 0 Å². The number of benzene rings is 1. The van der Waals surface area contributed by atoms with Gasteiger partial charge in [-0.05, 0) is 24.5 Å². The van der Waals surface area contributed by atoms with Gasteiger partial charge >= 0.3 is 0 Å².